The van der Waals surface area contributed by atoms with Crippen LogP contribution in [0.15, 0.2) is 0 Å². The van der Waals surface area contributed by atoms with Crippen molar-refractivity contribution in [2.45, 2.75) is 58.0 Å². The van der Waals surface area contributed by atoms with Gasteiger partial charge in [0, 0.05) is 12.3 Å². The molecule has 0 aromatic carbocycles. The summed E-state index contributed by atoms with van der Waals surface area (Å²) in [6.45, 7) is 0.962. The second-order valence-corrected chi connectivity index (χ2v) is 7.40. The second-order valence-electron chi connectivity index (χ2n) is 6.16. The highest BCUT2D eigenvalue weighted by Crippen LogP contribution is 2.35. The third-order valence-corrected chi connectivity index (χ3v) is 3.96. The molecule has 2 N–H and O–H groups in total. The van der Waals surface area contributed by atoms with E-state index >= 15 is 0 Å². The van der Waals surface area contributed by atoms with Crippen LogP contribution in [-0.2, 0) is 28.2 Å². The lowest BCUT2D eigenvalue weighted by molar-refractivity contribution is -0.158. The quantitative estimate of drug-likeness (QED) is 0.141. The lowest BCUT2D eigenvalue weighted by Gasteiger charge is -2.17. The fraction of sp³-hybridized carbons (Fsp3) is 0.478. The van der Waals surface area contributed by atoms with Gasteiger partial charge in [-0.1, -0.05) is 39.0 Å². The van der Waals surface area contributed by atoms with Crippen molar-refractivity contribution in [3.63, 3.8) is 0 Å². The number of carbonyl (C=O) groups excluding carboxylic acids is 2. The van der Waals surface area contributed by atoms with Crippen LogP contribution in [0, 0.1) is 59.7 Å². The zero-order chi connectivity index (χ0) is 24.1. The molecule has 0 amide bonds. The van der Waals surface area contributed by atoms with E-state index in [0.29, 0.717) is 6.42 Å². The Balaban J connectivity index is 4.61. The lowest BCUT2D eigenvalue weighted by atomic mass is 10.1. The van der Waals surface area contributed by atoms with E-state index in [1.54, 1.807) is 0 Å². The van der Waals surface area contributed by atoms with Gasteiger partial charge >= 0.3 is 19.8 Å². The molecule has 0 spiro atoms. The Bertz CT molecular complexity index is 941. The second kappa shape index (κ2) is 18.6. The maximum Gasteiger partial charge on any atom is 0.469 e. The topological polar surface area (TPSA) is 119 Å². The minimum atomic E-state index is -4.79. The van der Waals surface area contributed by atoms with Gasteiger partial charge in [0.05, 0.1) is 6.61 Å². The van der Waals surface area contributed by atoms with Gasteiger partial charge in [0.1, 0.15) is 6.61 Å². The first-order valence-corrected chi connectivity index (χ1v) is 11.3. The van der Waals surface area contributed by atoms with E-state index in [4.69, 9.17) is 25.7 Å². The number of terminal acetylenes is 1. The molecule has 0 bridgehead atoms. The summed E-state index contributed by atoms with van der Waals surface area (Å²) in [5, 5.41) is 0. The zero-order valence-electron chi connectivity index (χ0n) is 17.8. The van der Waals surface area contributed by atoms with Crippen LogP contribution in [-0.4, -0.2) is 41.0 Å². The van der Waals surface area contributed by atoms with Crippen LogP contribution in [0.1, 0.15) is 51.9 Å². The number of unbranched alkanes of at least 4 members (excludes halogenated alkanes) is 5. The predicted molar refractivity (Wildman–Crippen MR) is 117 cm³/mol. The van der Waals surface area contributed by atoms with Crippen molar-refractivity contribution in [1.29, 1.82) is 0 Å². The molecule has 170 valence electrons. The fourth-order valence-electron chi connectivity index (χ4n) is 2.07. The first kappa shape index (κ1) is 28.8. The van der Waals surface area contributed by atoms with Crippen molar-refractivity contribution >= 4 is 19.8 Å². The number of ether oxygens (including phenoxy) is 2. The van der Waals surface area contributed by atoms with E-state index in [1.165, 1.54) is 0 Å². The Morgan fingerprint density at radius 2 is 1.50 bits per heavy atom. The number of hydrogen-bond acceptors (Lipinski definition) is 6. The molecule has 0 saturated carbocycles. The molecule has 0 heterocycles. The highest BCUT2D eigenvalue weighted by atomic mass is 31.2. The molecular weight excluding hydrogens is 435 g/mol. The van der Waals surface area contributed by atoms with Crippen molar-refractivity contribution < 1.29 is 37.9 Å². The van der Waals surface area contributed by atoms with Gasteiger partial charge in [0.15, 0.2) is 6.10 Å². The van der Waals surface area contributed by atoms with Crippen LogP contribution in [0.5, 0.6) is 0 Å². The maximum atomic E-state index is 12.0. The summed E-state index contributed by atoms with van der Waals surface area (Å²) >= 11 is 0. The summed E-state index contributed by atoms with van der Waals surface area (Å²) in [6, 6.07) is 0. The number of rotatable bonds is 13. The van der Waals surface area contributed by atoms with Crippen molar-refractivity contribution in [1.82, 2.24) is 0 Å². The Kier molecular flexibility index (Phi) is 16.8. The Morgan fingerprint density at radius 1 is 0.906 bits per heavy atom. The predicted octanol–water partition coefficient (Wildman–Crippen LogP) is 1.95. The molecule has 0 radical (unpaired) electrons. The van der Waals surface area contributed by atoms with E-state index < -0.39 is 39.1 Å². The summed E-state index contributed by atoms with van der Waals surface area (Å²) in [6.07, 6.45) is 9.69. The number of esters is 2. The van der Waals surface area contributed by atoms with Gasteiger partial charge in [0.2, 0.25) is 0 Å². The average Bonchev–Trinajstić information content (AvgIpc) is 2.73. The highest BCUT2D eigenvalue weighted by molar-refractivity contribution is 7.46. The van der Waals surface area contributed by atoms with E-state index in [1.807, 2.05) is 0 Å². The average molecular weight is 460 g/mol. The molecule has 0 saturated heterocycles. The van der Waals surface area contributed by atoms with Gasteiger partial charge in [-0.05, 0) is 53.8 Å². The summed E-state index contributed by atoms with van der Waals surface area (Å²) in [4.78, 5) is 41.2. The Hall–Kier alpha value is -3.15. The number of carbonyl (C=O) groups is 2. The summed E-state index contributed by atoms with van der Waals surface area (Å²) in [5.74, 6) is 18.7. The molecule has 0 rings (SSSR count). The molecule has 0 aliphatic carbocycles. The van der Waals surface area contributed by atoms with Crippen LogP contribution in [0.3, 0.4) is 0 Å². The van der Waals surface area contributed by atoms with Crippen molar-refractivity contribution in [3.8, 4) is 59.7 Å². The monoisotopic (exact) mass is 460 g/mol. The number of phosphoric acid groups is 1. The van der Waals surface area contributed by atoms with E-state index in [0.717, 1.165) is 32.1 Å². The van der Waals surface area contributed by atoms with E-state index in [9.17, 15) is 14.2 Å². The van der Waals surface area contributed by atoms with Gasteiger partial charge in [0.25, 0.3) is 0 Å². The molecule has 0 aliphatic rings. The Morgan fingerprint density at radius 3 is 2.12 bits per heavy atom. The number of phosphoric ester groups is 1. The molecule has 0 fully saturated rings. The van der Waals surface area contributed by atoms with Gasteiger partial charge in [-0.25, -0.2) is 9.36 Å². The van der Waals surface area contributed by atoms with Crippen LogP contribution in [0.25, 0.3) is 0 Å². The van der Waals surface area contributed by atoms with Crippen molar-refractivity contribution in [3.05, 3.63) is 0 Å². The van der Waals surface area contributed by atoms with Gasteiger partial charge in [-0.15, -0.1) is 6.42 Å². The molecule has 0 aliphatic heterocycles. The van der Waals surface area contributed by atoms with Crippen LogP contribution in [0.2, 0.25) is 0 Å². The normalized spacial score (nSPS) is 10.2. The fourth-order valence-corrected chi connectivity index (χ4v) is 2.43. The zero-order valence-corrected chi connectivity index (χ0v) is 18.7. The van der Waals surface area contributed by atoms with Gasteiger partial charge in [-0.3, -0.25) is 9.32 Å². The standard InChI is InChI=1S/C23H25O8P/c1-3-5-7-9-11-12-14-15-17-22(24)29-19-21(20-30-32(26,27)28)31-23(25)18-16-13-10-8-6-4-2/h1,21H,4,6,8,10,13,16,18-20H2,2H3,(H2,26,27,28)/t21-/m1/s1. The highest BCUT2D eigenvalue weighted by Gasteiger charge is 2.22. The third-order valence-electron chi connectivity index (χ3n) is 3.47. The van der Waals surface area contributed by atoms with E-state index in [2.05, 4.69) is 64.7 Å². The summed E-state index contributed by atoms with van der Waals surface area (Å²) in [5.41, 5.74) is 0. The SMILES string of the molecule is C#CC#CC#CC#CC#CC(=O)OC[C@H](COP(=O)(O)O)OC(=O)CCCCCCCC. The van der Waals surface area contributed by atoms with Gasteiger partial charge < -0.3 is 19.3 Å². The van der Waals surface area contributed by atoms with Crippen LogP contribution >= 0.6 is 7.82 Å². The van der Waals surface area contributed by atoms with Crippen LogP contribution in [0.4, 0.5) is 0 Å². The summed E-state index contributed by atoms with van der Waals surface area (Å²) in [7, 11) is -4.79. The molecular formula is C23H25O8P. The smallest absolute Gasteiger partial charge is 0.456 e. The molecule has 0 aromatic rings. The number of hydrogen-bond donors (Lipinski definition) is 2. The lowest BCUT2D eigenvalue weighted by Crippen LogP contribution is -2.29. The first-order chi connectivity index (χ1) is 15.3. The van der Waals surface area contributed by atoms with Gasteiger partial charge in [-0.2, -0.15) is 0 Å². The Labute approximate surface area is 189 Å². The maximum absolute atomic E-state index is 12.0. The van der Waals surface area contributed by atoms with Crippen molar-refractivity contribution in [2.24, 2.45) is 0 Å². The molecule has 0 aromatic heterocycles. The largest absolute Gasteiger partial charge is 0.469 e. The first-order valence-electron chi connectivity index (χ1n) is 9.81. The van der Waals surface area contributed by atoms with Crippen LogP contribution < -0.4 is 0 Å². The minimum absolute atomic E-state index is 0.134. The van der Waals surface area contributed by atoms with E-state index in [-0.39, 0.29) is 6.42 Å². The summed E-state index contributed by atoms with van der Waals surface area (Å²) < 4.78 is 25.2. The minimum Gasteiger partial charge on any atom is -0.456 e. The third kappa shape index (κ3) is 20.1. The molecule has 8 nitrogen and oxygen atoms in total. The van der Waals surface area contributed by atoms with Crippen molar-refractivity contribution in [2.75, 3.05) is 13.2 Å². The molecule has 32 heavy (non-hydrogen) atoms. The molecule has 1 atom stereocenters. The molecule has 9 heteroatoms. The molecule has 0 unspecified atom stereocenters.